The van der Waals surface area contributed by atoms with Crippen LogP contribution in [-0.4, -0.2) is 50.4 Å². The number of hydrogen-bond donors (Lipinski definition) is 2. The molecule has 0 saturated carbocycles. The molecule has 0 bridgehead atoms. The fourth-order valence-corrected chi connectivity index (χ4v) is 4.79. The van der Waals surface area contributed by atoms with Crippen LogP contribution in [0.4, 0.5) is 19.4 Å². The molecule has 1 amide bonds. The Hall–Kier alpha value is -4.41. The second-order valence-corrected chi connectivity index (χ2v) is 10.6. The second-order valence-electron chi connectivity index (χ2n) is 10.6. The molecule has 5 rings (SSSR count). The molecule has 2 aromatic carbocycles. The van der Waals surface area contributed by atoms with Crippen LogP contribution in [0.5, 0.6) is 11.5 Å². The van der Waals surface area contributed by atoms with Crippen LogP contribution >= 0.6 is 0 Å². The number of fused-ring (bicyclic) bond motifs is 1. The topological polar surface area (TPSA) is 115 Å². The highest BCUT2D eigenvalue weighted by Gasteiger charge is 2.44. The van der Waals surface area contributed by atoms with E-state index in [4.69, 9.17) is 15.2 Å². The summed E-state index contributed by atoms with van der Waals surface area (Å²) in [5.41, 5.74) is 6.10. The minimum absolute atomic E-state index is 0.0505. The summed E-state index contributed by atoms with van der Waals surface area (Å²) in [6.07, 6.45) is 0.207. The van der Waals surface area contributed by atoms with E-state index in [1.54, 1.807) is 51.2 Å². The molecular formula is C28H29F2N5O4. The Morgan fingerprint density at radius 1 is 1.10 bits per heavy atom. The van der Waals surface area contributed by atoms with Crippen molar-refractivity contribution in [1.29, 1.82) is 0 Å². The summed E-state index contributed by atoms with van der Waals surface area (Å²) in [5, 5.41) is 6.59. The summed E-state index contributed by atoms with van der Waals surface area (Å²) in [6.45, 7) is 4.16. The van der Waals surface area contributed by atoms with Gasteiger partial charge in [0.05, 0.1) is 18.0 Å². The molecule has 1 unspecified atom stereocenters. The lowest BCUT2D eigenvalue weighted by atomic mass is 10.0. The number of alkyl halides is 2. The van der Waals surface area contributed by atoms with Crippen molar-refractivity contribution in [1.82, 2.24) is 19.7 Å². The third-order valence-electron chi connectivity index (χ3n) is 6.36. The maximum Gasteiger partial charge on any atom is 0.410 e. The fraction of sp³-hybridized carbons (Fsp3) is 0.321. The van der Waals surface area contributed by atoms with Gasteiger partial charge in [0.15, 0.2) is 5.82 Å². The van der Waals surface area contributed by atoms with E-state index in [9.17, 15) is 18.4 Å². The zero-order valence-corrected chi connectivity index (χ0v) is 21.8. The van der Waals surface area contributed by atoms with Gasteiger partial charge in [-0.25, -0.2) is 18.7 Å². The van der Waals surface area contributed by atoms with Crippen molar-refractivity contribution in [2.24, 2.45) is 0 Å². The average Bonchev–Trinajstić information content (AvgIpc) is 3.28. The Labute approximate surface area is 223 Å². The maximum atomic E-state index is 14.9. The number of nitrogens with two attached hydrogens (primary N) is 1. The van der Waals surface area contributed by atoms with E-state index >= 15 is 0 Å². The average molecular weight is 538 g/mol. The van der Waals surface area contributed by atoms with Crippen LogP contribution in [0.25, 0.3) is 22.0 Å². The molecule has 0 spiro atoms. The van der Waals surface area contributed by atoms with Gasteiger partial charge in [0.1, 0.15) is 22.6 Å². The van der Waals surface area contributed by atoms with Crippen LogP contribution in [0.3, 0.4) is 0 Å². The lowest BCUT2D eigenvalue weighted by Gasteiger charge is -2.38. The molecule has 4 aromatic rings. The number of aromatic nitrogens is 3. The van der Waals surface area contributed by atoms with Crippen LogP contribution in [0.2, 0.25) is 0 Å². The summed E-state index contributed by atoms with van der Waals surface area (Å²) in [7, 11) is 0. The van der Waals surface area contributed by atoms with Gasteiger partial charge in [-0.1, -0.05) is 30.3 Å². The van der Waals surface area contributed by atoms with E-state index in [0.29, 0.717) is 28.0 Å². The highest BCUT2D eigenvalue weighted by Crippen LogP contribution is 2.39. The molecular weight excluding hydrogens is 508 g/mol. The number of ether oxygens (including phenoxy) is 2. The van der Waals surface area contributed by atoms with Crippen LogP contribution in [0.15, 0.2) is 65.6 Å². The number of halogens is 2. The largest absolute Gasteiger partial charge is 0.457 e. The number of amides is 1. The molecule has 1 fully saturated rings. The molecule has 39 heavy (non-hydrogen) atoms. The summed E-state index contributed by atoms with van der Waals surface area (Å²) in [6, 6.07) is 15.5. The van der Waals surface area contributed by atoms with Crippen molar-refractivity contribution in [3.8, 4) is 22.6 Å². The number of nitrogen functional groups attached to an aromatic ring is 1. The van der Waals surface area contributed by atoms with Crippen LogP contribution in [-0.2, 0) is 4.74 Å². The van der Waals surface area contributed by atoms with Crippen molar-refractivity contribution in [3.05, 3.63) is 71.1 Å². The van der Waals surface area contributed by atoms with Gasteiger partial charge in [-0.3, -0.25) is 4.79 Å². The molecule has 11 heteroatoms. The number of rotatable bonds is 4. The number of nitrogens with one attached hydrogen (secondary N) is 1. The van der Waals surface area contributed by atoms with E-state index in [-0.39, 0.29) is 17.9 Å². The van der Waals surface area contributed by atoms with Crippen molar-refractivity contribution < 1.29 is 23.0 Å². The summed E-state index contributed by atoms with van der Waals surface area (Å²) in [5.74, 6) is -1.88. The Morgan fingerprint density at radius 3 is 2.44 bits per heavy atom. The number of carbonyl (C=O) groups is 1. The van der Waals surface area contributed by atoms with Gasteiger partial charge in [0, 0.05) is 24.7 Å². The molecule has 204 valence electrons. The summed E-state index contributed by atoms with van der Waals surface area (Å²) >= 11 is 0. The molecule has 3 N–H and O–H groups in total. The zero-order chi connectivity index (χ0) is 27.9. The van der Waals surface area contributed by atoms with E-state index in [1.807, 2.05) is 30.3 Å². The molecule has 0 aliphatic carbocycles. The van der Waals surface area contributed by atoms with Crippen LogP contribution < -0.4 is 16.0 Å². The number of carbonyl (C=O) groups excluding carboxylic acids is 1. The molecule has 3 heterocycles. The molecule has 1 atom stereocenters. The number of para-hydroxylation sites is 1. The SMILES string of the molecule is CC(C)(C)OC(=O)N1CC(n2cc(-c3ccc(Oc4ccccc4)cc3)c3c(N)n[nH]c(=O)c32)CC(F)(F)C1. The third kappa shape index (κ3) is 5.57. The smallest absolute Gasteiger partial charge is 0.410 e. The number of anilines is 1. The summed E-state index contributed by atoms with van der Waals surface area (Å²) in [4.78, 5) is 26.6. The minimum atomic E-state index is -3.20. The Morgan fingerprint density at radius 2 is 1.77 bits per heavy atom. The number of likely N-dealkylation sites (tertiary alicyclic amines) is 1. The minimum Gasteiger partial charge on any atom is -0.457 e. The molecule has 1 saturated heterocycles. The second kappa shape index (κ2) is 9.72. The van der Waals surface area contributed by atoms with Crippen molar-refractivity contribution in [2.45, 2.75) is 44.8 Å². The van der Waals surface area contributed by atoms with Gasteiger partial charge in [0.25, 0.3) is 11.5 Å². The number of piperidine rings is 1. The Kier molecular flexibility index (Phi) is 6.53. The fourth-order valence-electron chi connectivity index (χ4n) is 4.79. The summed E-state index contributed by atoms with van der Waals surface area (Å²) < 4.78 is 42.5. The van der Waals surface area contributed by atoms with Gasteiger partial charge in [-0.15, -0.1) is 0 Å². The standard InChI is InChI=1S/C28H29F2N5O4/c1-27(2,3)39-26(37)34-14-18(13-28(29,30)16-34)35-15-21(22-23(35)25(36)33-32-24(22)31)17-9-11-20(12-10-17)38-19-7-5-4-6-8-19/h4-12,15,18H,13-14,16H2,1-3H3,(H2,31,32)(H,33,36). The van der Waals surface area contributed by atoms with Crippen molar-refractivity contribution in [2.75, 3.05) is 18.8 Å². The number of nitrogens with zero attached hydrogens (tertiary/aromatic N) is 3. The highest BCUT2D eigenvalue weighted by molar-refractivity contribution is 6.02. The first-order valence-electron chi connectivity index (χ1n) is 12.5. The van der Waals surface area contributed by atoms with E-state index in [1.165, 1.54) is 4.57 Å². The molecule has 0 radical (unpaired) electrons. The van der Waals surface area contributed by atoms with Crippen LogP contribution in [0, 0.1) is 0 Å². The maximum absolute atomic E-state index is 14.9. The quantitative estimate of drug-likeness (QED) is 0.351. The first kappa shape index (κ1) is 26.2. The molecule has 1 aliphatic heterocycles. The highest BCUT2D eigenvalue weighted by atomic mass is 19.3. The molecule has 9 nitrogen and oxygen atoms in total. The third-order valence-corrected chi connectivity index (χ3v) is 6.36. The van der Waals surface area contributed by atoms with Gasteiger partial charge in [0.2, 0.25) is 0 Å². The predicted molar refractivity (Wildman–Crippen MR) is 143 cm³/mol. The molecule has 2 aromatic heterocycles. The first-order chi connectivity index (χ1) is 18.4. The van der Waals surface area contributed by atoms with E-state index in [0.717, 1.165) is 4.90 Å². The Balaban J connectivity index is 1.54. The lowest BCUT2D eigenvalue weighted by Crippen LogP contribution is -2.51. The van der Waals surface area contributed by atoms with Crippen molar-refractivity contribution in [3.63, 3.8) is 0 Å². The predicted octanol–water partition coefficient (Wildman–Crippen LogP) is 5.58. The zero-order valence-electron chi connectivity index (χ0n) is 21.8. The number of hydrogen-bond acceptors (Lipinski definition) is 6. The van der Waals surface area contributed by atoms with E-state index < -0.39 is 42.2 Å². The van der Waals surface area contributed by atoms with E-state index in [2.05, 4.69) is 10.2 Å². The lowest BCUT2D eigenvalue weighted by molar-refractivity contribution is -0.0833. The molecule has 1 aliphatic rings. The van der Waals surface area contributed by atoms with Gasteiger partial charge in [-0.2, -0.15) is 5.10 Å². The Bertz CT molecular complexity index is 1560. The van der Waals surface area contributed by atoms with Gasteiger partial charge < -0.3 is 24.7 Å². The normalized spacial score (nSPS) is 17.3. The number of benzene rings is 2. The van der Waals surface area contributed by atoms with Gasteiger partial charge >= 0.3 is 6.09 Å². The first-order valence-corrected chi connectivity index (χ1v) is 12.5. The number of H-pyrrole nitrogens is 1. The monoisotopic (exact) mass is 537 g/mol. The van der Waals surface area contributed by atoms with Gasteiger partial charge in [-0.05, 0) is 50.6 Å². The van der Waals surface area contributed by atoms with Crippen molar-refractivity contribution >= 4 is 22.8 Å². The number of aromatic amines is 1. The van der Waals surface area contributed by atoms with Crippen LogP contribution in [0.1, 0.15) is 33.2 Å².